The number of hydrogen-bond acceptors (Lipinski definition) is 3. The molecule has 0 aromatic rings. The molecule has 0 spiro atoms. The molecule has 2 atom stereocenters. The number of aliphatic hydroxyl groups excluding tert-OH is 1. The minimum Gasteiger partial charge on any atom is -0.392 e. The maximum absolute atomic E-state index is 11.7. The van der Waals surface area contributed by atoms with Crippen LogP contribution < -0.4 is 5.32 Å². The lowest BCUT2D eigenvalue weighted by Gasteiger charge is -2.36. The molecule has 2 N–H and O–H groups in total. The molecule has 4 nitrogen and oxygen atoms in total. The second-order valence-corrected chi connectivity index (χ2v) is 4.98. The van der Waals surface area contributed by atoms with Crippen molar-refractivity contribution in [3.05, 3.63) is 0 Å². The predicted molar refractivity (Wildman–Crippen MR) is 68.8 cm³/mol. The Kier molecular flexibility index (Phi) is 6.52. The highest BCUT2D eigenvalue weighted by Gasteiger charge is 2.27. The van der Waals surface area contributed by atoms with Gasteiger partial charge in [0, 0.05) is 12.6 Å². The Morgan fingerprint density at radius 1 is 1.53 bits per heavy atom. The zero-order chi connectivity index (χ0) is 12.7. The van der Waals surface area contributed by atoms with E-state index in [-0.39, 0.29) is 18.1 Å². The number of nitrogens with one attached hydrogen (secondary N) is 1. The molecule has 4 heteroatoms. The maximum Gasteiger partial charge on any atom is 0.234 e. The van der Waals surface area contributed by atoms with Gasteiger partial charge in [-0.3, -0.25) is 9.69 Å². The van der Waals surface area contributed by atoms with E-state index in [1.165, 1.54) is 0 Å². The van der Waals surface area contributed by atoms with Gasteiger partial charge in [0.1, 0.15) is 0 Å². The van der Waals surface area contributed by atoms with Gasteiger partial charge in [0.05, 0.1) is 12.6 Å². The van der Waals surface area contributed by atoms with E-state index in [1.54, 1.807) is 0 Å². The second-order valence-electron chi connectivity index (χ2n) is 4.98. The fourth-order valence-corrected chi connectivity index (χ4v) is 2.40. The van der Waals surface area contributed by atoms with Crippen molar-refractivity contribution in [1.29, 1.82) is 0 Å². The van der Waals surface area contributed by atoms with Crippen molar-refractivity contribution >= 4 is 5.91 Å². The van der Waals surface area contributed by atoms with Gasteiger partial charge in [0.15, 0.2) is 0 Å². The van der Waals surface area contributed by atoms with E-state index >= 15 is 0 Å². The quantitative estimate of drug-likeness (QED) is 0.687. The van der Waals surface area contributed by atoms with E-state index in [4.69, 9.17) is 0 Å². The van der Waals surface area contributed by atoms with Gasteiger partial charge in [0.2, 0.25) is 5.91 Å². The molecule has 0 bridgehead atoms. The van der Waals surface area contributed by atoms with Gasteiger partial charge in [-0.15, -0.1) is 0 Å². The summed E-state index contributed by atoms with van der Waals surface area (Å²) in [6.07, 6.45) is 5.07. The summed E-state index contributed by atoms with van der Waals surface area (Å²) in [5, 5.41) is 12.6. The lowest BCUT2D eigenvalue weighted by atomic mass is 9.98. The minimum atomic E-state index is -0.348. The van der Waals surface area contributed by atoms with E-state index in [0.29, 0.717) is 6.54 Å². The Labute approximate surface area is 104 Å². The maximum atomic E-state index is 11.7. The first-order valence-electron chi connectivity index (χ1n) is 6.84. The largest absolute Gasteiger partial charge is 0.392 e. The molecule has 17 heavy (non-hydrogen) atoms. The van der Waals surface area contributed by atoms with Crippen LogP contribution in [0.3, 0.4) is 0 Å². The molecule has 2 unspecified atom stereocenters. The number of carbonyl (C=O) groups excluding carboxylic acids is 1. The lowest BCUT2D eigenvalue weighted by molar-refractivity contribution is -0.123. The monoisotopic (exact) mass is 242 g/mol. The Morgan fingerprint density at radius 3 is 2.94 bits per heavy atom. The molecule has 1 aliphatic rings. The number of piperidine rings is 1. The van der Waals surface area contributed by atoms with Gasteiger partial charge in [-0.1, -0.05) is 19.8 Å². The molecule has 0 aliphatic carbocycles. The van der Waals surface area contributed by atoms with Crippen LogP contribution in [0.2, 0.25) is 0 Å². The first kappa shape index (κ1) is 14.5. The summed E-state index contributed by atoms with van der Waals surface area (Å²) >= 11 is 0. The molecule has 100 valence electrons. The number of amides is 1. The van der Waals surface area contributed by atoms with E-state index in [0.717, 1.165) is 45.2 Å². The molecular formula is C13H26N2O2. The van der Waals surface area contributed by atoms with Crippen molar-refractivity contribution in [1.82, 2.24) is 10.2 Å². The van der Waals surface area contributed by atoms with Crippen molar-refractivity contribution in [2.75, 3.05) is 19.6 Å². The van der Waals surface area contributed by atoms with Crippen LogP contribution in [-0.4, -0.2) is 47.7 Å². The number of rotatable bonds is 6. The van der Waals surface area contributed by atoms with Crippen LogP contribution >= 0.6 is 0 Å². The van der Waals surface area contributed by atoms with Gasteiger partial charge >= 0.3 is 0 Å². The molecule has 1 aliphatic heterocycles. The predicted octanol–water partition coefficient (Wildman–Crippen LogP) is 1.14. The molecule has 1 saturated heterocycles. The van der Waals surface area contributed by atoms with Crippen LogP contribution in [0.15, 0.2) is 0 Å². The first-order chi connectivity index (χ1) is 8.15. The van der Waals surface area contributed by atoms with Crippen molar-refractivity contribution in [3.63, 3.8) is 0 Å². The second kappa shape index (κ2) is 7.67. The highest BCUT2D eigenvalue weighted by atomic mass is 16.3. The number of unbranched alkanes of at least 4 members (excludes halogenated alkanes) is 1. The van der Waals surface area contributed by atoms with Crippen LogP contribution in [0.1, 0.15) is 46.0 Å². The molecule has 1 fully saturated rings. The summed E-state index contributed by atoms with van der Waals surface area (Å²) in [5.41, 5.74) is 0. The van der Waals surface area contributed by atoms with Crippen molar-refractivity contribution in [2.24, 2.45) is 0 Å². The Morgan fingerprint density at radius 2 is 2.29 bits per heavy atom. The number of aliphatic hydroxyl groups is 1. The standard InChI is InChI=1S/C13H26N2O2/c1-3-4-8-14-13(17)10-15-9-6-5-7-12(15)11(2)16/h11-12,16H,3-10H2,1-2H3,(H,14,17). The average Bonchev–Trinajstić information content (AvgIpc) is 2.29. The van der Waals surface area contributed by atoms with E-state index in [2.05, 4.69) is 17.1 Å². The third-order valence-electron chi connectivity index (χ3n) is 3.42. The van der Waals surface area contributed by atoms with Gasteiger partial charge in [-0.25, -0.2) is 0 Å². The fraction of sp³-hybridized carbons (Fsp3) is 0.923. The number of nitrogens with zero attached hydrogens (tertiary/aromatic N) is 1. The highest BCUT2D eigenvalue weighted by molar-refractivity contribution is 5.78. The number of likely N-dealkylation sites (tertiary alicyclic amines) is 1. The first-order valence-corrected chi connectivity index (χ1v) is 6.84. The van der Waals surface area contributed by atoms with Crippen molar-refractivity contribution < 1.29 is 9.90 Å². The third kappa shape index (κ3) is 5.04. The van der Waals surface area contributed by atoms with Gasteiger partial charge < -0.3 is 10.4 Å². The van der Waals surface area contributed by atoms with Gasteiger partial charge in [0.25, 0.3) is 0 Å². The Balaban J connectivity index is 2.34. The van der Waals surface area contributed by atoms with Crippen LogP contribution in [-0.2, 0) is 4.79 Å². The fourth-order valence-electron chi connectivity index (χ4n) is 2.40. The molecule has 0 radical (unpaired) electrons. The lowest BCUT2D eigenvalue weighted by Crippen LogP contribution is -2.49. The summed E-state index contributed by atoms with van der Waals surface area (Å²) in [6.45, 7) is 6.05. The van der Waals surface area contributed by atoms with Gasteiger partial charge in [-0.05, 0) is 32.7 Å². The van der Waals surface area contributed by atoms with Crippen LogP contribution in [0.25, 0.3) is 0 Å². The van der Waals surface area contributed by atoms with E-state index < -0.39 is 0 Å². The van der Waals surface area contributed by atoms with Crippen LogP contribution in [0.5, 0.6) is 0 Å². The SMILES string of the molecule is CCCCNC(=O)CN1CCCCC1C(C)O. The Hall–Kier alpha value is -0.610. The molecule has 0 aromatic carbocycles. The van der Waals surface area contributed by atoms with Crippen molar-refractivity contribution in [3.8, 4) is 0 Å². The zero-order valence-electron chi connectivity index (χ0n) is 11.1. The molecule has 0 aromatic heterocycles. The summed E-state index contributed by atoms with van der Waals surface area (Å²) in [6, 6.07) is 0.153. The zero-order valence-corrected chi connectivity index (χ0v) is 11.1. The normalized spacial score (nSPS) is 23.4. The molecular weight excluding hydrogens is 216 g/mol. The van der Waals surface area contributed by atoms with Crippen LogP contribution in [0.4, 0.5) is 0 Å². The van der Waals surface area contributed by atoms with E-state index in [9.17, 15) is 9.90 Å². The summed E-state index contributed by atoms with van der Waals surface area (Å²) in [7, 11) is 0. The molecule has 0 saturated carbocycles. The minimum absolute atomic E-state index is 0.0889. The summed E-state index contributed by atoms with van der Waals surface area (Å²) < 4.78 is 0. The third-order valence-corrected chi connectivity index (χ3v) is 3.42. The van der Waals surface area contributed by atoms with Crippen LogP contribution in [0, 0.1) is 0 Å². The van der Waals surface area contributed by atoms with Gasteiger partial charge in [-0.2, -0.15) is 0 Å². The molecule has 1 rings (SSSR count). The smallest absolute Gasteiger partial charge is 0.234 e. The number of hydrogen-bond donors (Lipinski definition) is 2. The van der Waals surface area contributed by atoms with Crippen molar-refractivity contribution in [2.45, 2.75) is 58.1 Å². The molecule has 1 amide bonds. The highest BCUT2D eigenvalue weighted by Crippen LogP contribution is 2.19. The summed E-state index contributed by atoms with van der Waals surface area (Å²) in [5.74, 6) is 0.0889. The molecule has 1 heterocycles. The Bertz CT molecular complexity index is 231. The topological polar surface area (TPSA) is 52.6 Å². The number of carbonyl (C=O) groups is 1. The summed E-state index contributed by atoms with van der Waals surface area (Å²) in [4.78, 5) is 13.8. The average molecular weight is 242 g/mol. The van der Waals surface area contributed by atoms with E-state index in [1.807, 2.05) is 6.92 Å².